The molecule has 2 heteroatoms. The molecule has 1 N–H and O–H groups in total. The average molecular weight is 192 g/mol. The smallest absolute Gasteiger partial charge is 0.0161 e. The lowest BCUT2D eigenvalue weighted by molar-refractivity contribution is 0.365. The van der Waals surface area contributed by atoms with Crippen molar-refractivity contribution in [2.75, 3.05) is 11.9 Å². The zero-order valence-electron chi connectivity index (χ0n) is 6.08. The number of nitrogens with one attached hydrogen (secondary N) is 1. The maximum absolute atomic E-state index is 3.51. The highest BCUT2D eigenvalue weighted by Crippen LogP contribution is 2.26. The first-order valence-electron chi connectivity index (χ1n) is 3.48. The van der Waals surface area contributed by atoms with Gasteiger partial charge >= 0.3 is 0 Å². The maximum Gasteiger partial charge on any atom is 0.0161 e. The van der Waals surface area contributed by atoms with Crippen LogP contribution in [0.1, 0.15) is 20.3 Å². The van der Waals surface area contributed by atoms with Crippen LogP contribution in [0, 0.1) is 5.92 Å². The molecule has 1 rings (SSSR count). The molecular weight excluding hydrogens is 178 g/mol. The number of alkyl halides is 1. The first-order chi connectivity index (χ1) is 4.17. The van der Waals surface area contributed by atoms with Crippen LogP contribution in [0.3, 0.4) is 0 Å². The fourth-order valence-corrected chi connectivity index (χ4v) is 2.48. The predicted octanol–water partition coefficient (Wildman–Crippen LogP) is 1.77. The largest absolute Gasteiger partial charge is 0.311 e. The molecule has 54 valence electrons. The topological polar surface area (TPSA) is 12.0 Å². The van der Waals surface area contributed by atoms with Gasteiger partial charge in [0.25, 0.3) is 0 Å². The molecule has 9 heavy (non-hydrogen) atoms. The lowest BCUT2D eigenvalue weighted by Gasteiger charge is -2.25. The molecule has 1 nitrogen and oxygen atoms in total. The quantitative estimate of drug-likeness (QED) is 0.624. The summed E-state index contributed by atoms with van der Waals surface area (Å²) in [5, 5.41) is 4.60. The van der Waals surface area contributed by atoms with Crippen LogP contribution in [0.15, 0.2) is 0 Å². The summed E-state index contributed by atoms with van der Waals surface area (Å²) in [7, 11) is 0. The molecule has 1 saturated heterocycles. The molecular formula is C7H14BrN. The van der Waals surface area contributed by atoms with Crippen LogP contribution in [-0.4, -0.2) is 17.4 Å². The van der Waals surface area contributed by atoms with Crippen LogP contribution in [0.2, 0.25) is 0 Å². The molecule has 0 spiro atoms. The average Bonchev–Trinajstić information content (AvgIpc) is 2.08. The molecule has 0 saturated carbocycles. The van der Waals surface area contributed by atoms with E-state index in [-0.39, 0.29) is 0 Å². The lowest BCUT2D eigenvalue weighted by Crippen LogP contribution is -2.38. The molecule has 1 heterocycles. The van der Waals surface area contributed by atoms with Gasteiger partial charge in [0.1, 0.15) is 0 Å². The van der Waals surface area contributed by atoms with E-state index in [1.165, 1.54) is 13.0 Å². The Hall–Kier alpha value is 0.440. The van der Waals surface area contributed by atoms with Crippen molar-refractivity contribution in [3.63, 3.8) is 0 Å². The van der Waals surface area contributed by atoms with Gasteiger partial charge < -0.3 is 5.32 Å². The zero-order valence-corrected chi connectivity index (χ0v) is 7.66. The van der Waals surface area contributed by atoms with Crippen LogP contribution >= 0.6 is 15.9 Å². The van der Waals surface area contributed by atoms with E-state index in [1.54, 1.807) is 0 Å². The van der Waals surface area contributed by atoms with Crippen molar-refractivity contribution < 1.29 is 0 Å². The summed E-state index contributed by atoms with van der Waals surface area (Å²) in [5.41, 5.74) is 0.365. The number of rotatable bonds is 1. The van der Waals surface area contributed by atoms with Crippen molar-refractivity contribution in [1.29, 1.82) is 0 Å². The molecule has 0 aromatic heterocycles. The minimum absolute atomic E-state index is 0.365. The highest BCUT2D eigenvalue weighted by Gasteiger charge is 2.32. The van der Waals surface area contributed by atoms with Crippen LogP contribution in [0.25, 0.3) is 0 Å². The van der Waals surface area contributed by atoms with E-state index in [0.717, 1.165) is 11.2 Å². The summed E-state index contributed by atoms with van der Waals surface area (Å²) in [5.74, 6) is 0.817. The van der Waals surface area contributed by atoms with Crippen molar-refractivity contribution in [2.24, 2.45) is 5.92 Å². The Morgan fingerprint density at radius 3 is 2.56 bits per heavy atom. The van der Waals surface area contributed by atoms with E-state index < -0.39 is 0 Å². The fraction of sp³-hybridized carbons (Fsp3) is 1.00. The third-order valence-corrected chi connectivity index (χ3v) is 3.06. The number of hydrogen-bond acceptors (Lipinski definition) is 1. The van der Waals surface area contributed by atoms with E-state index in [2.05, 4.69) is 35.1 Å². The summed E-state index contributed by atoms with van der Waals surface area (Å²) in [6, 6.07) is 0. The third kappa shape index (κ3) is 1.47. The van der Waals surface area contributed by atoms with E-state index in [1.807, 2.05) is 0 Å². The molecule has 1 fully saturated rings. The minimum atomic E-state index is 0.365. The second kappa shape index (κ2) is 2.59. The molecule has 1 unspecified atom stereocenters. The van der Waals surface area contributed by atoms with Gasteiger partial charge in [-0.3, -0.25) is 0 Å². The molecule has 0 aromatic carbocycles. The lowest BCUT2D eigenvalue weighted by atomic mass is 9.91. The monoisotopic (exact) mass is 191 g/mol. The first-order valence-corrected chi connectivity index (χ1v) is 4.60. The van der Waals surface area contributed by atoms with Crippen LogP contribution in [0.4, 0.5) is 0 Å². The molecule has 0 amide bonds. The van der Waals surface area contributed by atoms with Crippen molar-refractivity contribution in [1.82, 2.24) is 5.32 Å². The van der Waals surface area contributed by atoms with Gasteiger partial charge in [-0.15, -0.1) is 0 Å². The molecule has 0 radical (unpaired) electrons. The second-order valence-electron chi connectivity index (χ2n) is 3.29. The molecule has 1 aliphatic rings. The van der Waals surface area contributed by atoms with E-state index in [4.69, 9.17) is 0 Å². The third-order valence-electron chi connectivity index (χ3n) is 2.28. The molecule has 0 bridgehead atoms. The van der Waals surface area contributed by atoms with E-state index in [0.29, 0.717) is 5.54 Å². The van der Waals surface area contributed by atoms with Crippen LogP contribution in [0.5, 0.6) is 0 Å². The fourth-order valence-electron chi connectivity index (χ4n) is 1.34. The maximum atomic E-state index is 3.51. The first kappa shape index (κ1) is 7.55. The van der Waals surface area contributed by atoms with Crippen LogP contribution < -0.4 is 5.32 Å². The second-order valence-corrected chi connectivity index (χ2v) is 3.94. The summed E-state index contributed by atoms with van der Waals surface area (Å²) >= 11 is 3.51. The van der Waals surface area contributed by atoms with Gasteiger partial charge in [0.05, 0.1) is 0 Å². The van der Waals surface area contributed by atoms with Crippen molar-refractivity contribution in [2.45, 2.75) is 25.8 Å². The molecule has 0 aromatic rings. The van der Waals surface area contributed by atoms with Crippen molar-refractivity contribution >= 4 is 15.9 Å². The van der Waals surface area contributed by atoms with Gasteiger partial charge in [0.2, 0.25) is 0 Å². The van der Waals surface area contributed by atoms with Crippen molar-refractivity contribution in [3.8, 4) is 0 Å². The summed E-state index contributed by atoms with van der Waals surface area (Å²) < 4.78 is 0. The molecule has 1 atom stereocenters. The predicted molar refractivity (Wildman–Crippen MR) is 44.0 cm³/mol. The Morgan fingerprint density at radius 2 is 2.33 bits per heavy atom. The Labute approximate surface area is 65.3 Å². The molecule has 1 aliphatic heterocycles. The van der Waals surface area contributed by atoms with Gasteiger partial charge in [-0.1, -0.05) is 15.9 Å². The van der Waals surface area contributed by atoms with Crippen LogP contribution in [-0.2, 0) is 0 Å². The Morgan fingerprint density at radius 1 is 1.67 bits per heavy atom. The van der Waals surface area contributed by atoms with E-state index in [9.17, 15) is 0 Å². The Bertz CT molecular complexity index is 101. The van der Waals surface area contributed by atoms with Gasteiger partial charge in [-0.05, 0) is 32.7 Å². The molecule has 0 aliphatic carbocycles. The van der Waals surface area contributed by atoms with Crippen molar-refractivity contribution in [3.05, 3.63) is 0 Å². The standard InChI is InChI=1S/C7H14BrN/c1-7(2)6(5-8)3-4-9-7/h6,9H,3-5H2,1-2H3. The Balaban J connectivity index is 2.52. The number of halogens is 1. The summed E-state index contributed by atoms with van der Waals surface area (Å²) in [6.45, 7) is 5.72. The Kier molecular flexibility index (Phi) is 2.17. The highest BCUT2D eigenvalue weighted by molar-refractivity contribution is 9.09. The minimum Gasteiger partial charge on any atom is -0.311 e. The number of hydrogen-bond donors (Lipinski definition) is 1. The zero-order chi connectivity index (χ0) is 6.91. The van der Waals surface area contributed by atoms with Gasteiger partial charge in [0, 0.05) is 10.9 Å². The summed E-state index contributed by atoms with van der Waals surface area (Å²) in [6.07, 6.45) is 1.32. The SMILES string of the molecule is CC1(C)NCCC1CBr. The summed E-state index contributed by atoms with van der Waals surface area (Å²) in [4.78, 5) is 0. The van der Waals surface area contributed by atoms with Gasteiger partial charge in [-0.25, -0.2) is 0 Å². The van der Waals surface area contributed by atoms with E-state index >= 15 is 0 Å². The van der Waals surface area contributed by atoms with Gasteiger partial charge in [0.15, 0.2) is 0 Å². The normalized spacial score (nSPS) is 33.0. The highest BCUT2D eigenvalue weighted by atomic mass is 79.9. The van der Waals surface area contributed by atoms with Gasteiger partial charge in [-0.2, -0.15) is 0 Å².